The number of nitrogens with two attached hydrogens (primary N) is 1. The molecule has 0 aliphatic heterocycles. The number of hydrogen-bond acceptors (Lipinski definition) is 3. The summed E-state index contributed by atoms with van der Waals surface area (Å²) in [5.41, 5.74) is 5.47. The van der Waals surface area contributed by atoms with Crippen molar-refractivity contribution in [3.8, 4) is 0 Å². The topological polar surface area (TPSA) is 52.0 Å². The molecule has 0 aliphatic carbocycles. The highest BCUT2D eigenvalue weighted by Crippen LogP contribution is 2.14. The normalized spacial score (nSPS) is 13.7. The lowest BCUT2D eigenvalue weighted by atomic mass is 10.3. The van der Waals surface area contributed by atoms with Gasteiger partial charge in [0, 0.05) is 6.07 Å². The van der Waals surface area contributed by atoms with Gasteiger partial charge in [0.2, 0.25) is 0 Å². The van der Waals surface area contributed by atoms with Crippen LogP contribution in [-0.4, -0.2) is 5.16 Å². The fourth-order valence-corrected chi connectivity index (χ4v) is 0.779. The van der Waals surface area contributed by atoms with Crippen LogP contribution in [0.15, 0.2) is 15.2 Å². The van der Waals surface area contributed by atoms with Gasteiger partial charge in [-0.1, -0.05) is 5.16 Å². The first-order valence-electron chi connectivity index (χ1n) is 2.58. The average Bonchev–Trinajstić information content (AvgIpc) is 2.14. The van der Waals surface area contributed by atoms with Crippen LogP contribution >= 0.6 is 15.9 Å². The van der Waals surface area contributed by atoms with Crippen LogP contribution in [0.1, 0.15) is 18.7 Å². The van der Waals surface area contributed by atoms with E-state index in [-0.39, 0.29) is 6.04 Å². The Balaban J connectivity index is 2.85. The minimum absolute atomic E-state index is 0.0798. The first kappa shape index (κ1) is 6.77. The quantitative estimate of drug-likeness (QED) is 0.730. The molecule has 0 saturated carbocycles. The Labute approximate surface area is 61.3 Å². The Bertz CT molecular complexity index is 197. The molecule has 50 valence electrons. The van der Waals surface area contributed by atoms with Crippen LogP contribution in [0.2, 0.25) is 0 Å². The molecule has 4 heteroatoms. The first-order chi connectivity index (χ1) is 4.20. The molecule has 0 spiro atoms. The van der Waals surface area contributed by atoms with Crippen molar-refractivity contribution >= 4 is 15.9 Å². The van der Waals surface area contributed by atoms with E-state index in [1.54, 1.807) is 6.07 Å². The van der Waals surface area contributed by atoms with E-state index < -0.39 is 0 Å². The molecule has 1 heterocycles. The molecular formula is C5H7BrN2O. The first-order valence-corrected chi connectivity index (χ1v) is 3.37. The van der Waals surface area contributed by atoms with Gasteiger partial charge < -0.3 is 10.3 Å². The molecule has 0 radical (unpaired) electrons. The number of hydrogen-bond donors (Lipinski definition) is 1. The van der Waals surface area contributed by atoms with E-state index in [4.69, 9.17) is 10.3 Å². The maximum Gasteiger partial charge on any atom is 0.154 e. The summed E-state index contributed by atoms with van der Waals surface area (Å²) < 4.78 is 5.49. The number of rotatable bonds is 1. The number of aromatic nitrogens is 1. The molecule has 0 bridgehead atoms. The van der Waals surface area contributed by atoms with Crippen LogP contribution in [-0.2, 0) is 0 Å². The lowest BCUT2D eigenvalue weighted by Crippen LogP contribution is -2.02. The molecule has 2 N–H and O–H groups in total. The molecule has 0 amide bonds. The predicted molar refractivity (Wildman–Crippen MR) is 36.8 cm³/mol. The average molecular weight is 191 g/mol. The summed E-state index contributed by atoms with van der Waals surface area (Å²) in [6.07, 6.45) is 0. The molecule has 0 fully saturated rings. The molecule has 0 unspecified atom stereocenters. The summed E-state index contributed by atoms with van der Waals surface area (Å²) in [6, 6.07) is 1.67. The largest absolute Gasteiger partial charge is 0.359 e. The van der Waals surface area contributed by atoms with Gasteiger partial charge in [0.15, 0.2) is 5.76 Å². The summed E-state index contributed by atoms with van der Waals surface area (Å²) in [5.74, 6) is 0.696. The lowest BCUT2D eigenvalue weighted by molar-refractivity contribution is 0.365. The van der Waals surface area contributed by atoms with Crippen molar-refractivity contribution in [2.45, 2.75) is 13.0 Å². The summed E-state index contributed by atoms with van der Waals surface area (Å²) in [5, 5.41) is 3.60. The van der Waals surface area contributed by atoms with Crippen LogP contribution in [0, 0.1) is 0 Å². The van der Waals surface area contributed by atoms with Gasteiger partial charge in [-0.3, -0.25) is 0 Å². The van der Waals surface area contributed by atoms with Crippen LogP contribution in [0.25, 0.3) is 0 Å². The zero-order valence-corrected chi connectivity index (χ0v) is 6.55. The van der Waals surface area contributed by atoms with Crippen molar-refractivity contribution in [1.82, 2.24) is 5.16 Å². The molecule has 1 aromatic heterocycles. The minimum atomic E-state index is -0.0798. The van der Waals surface area contributed by atoms with Crippen LogP contribution in [0.3, 0.4) is 0 Å². The van der Waals surface area contributed by atoms with E-state index >= 15 is 0 Å². The lowest BCUT2D eigenvalue weighted by Gasteiger charge is -1.93. The van der Waals surface area contributed by atoms with Crippen molar-refractivity contribution in [2.24, 2.45) is 5.73 Å². The standard InChI is InChI=1S/C5H7BrN2O/c1-3(7)4-2-5(6)8-9-4/h2-3H,7H2,1H3/t3-/m0/s1. The second-order valence-corrected chi connectivity index (χ2v) is 2.65. The fraction of sp³-hybridized carbons (Fsp3) is 0.400. The highest BCUT2D eigenvalue weighted by Gasteiger charge is 2.04. The highest BCUT2D eigenvalue weighted by atomic mass is 79.9. The van der Waals surface area contributed by atoms with Crippen LogP contribution < -0.4 is 5.73 Å². The summed E-state index contributed by atoms with van der Waals surface area (Å²) in [7, 11) is 0. The maximum absolute atomic E-state index is 5.47. The molecule has 9 heavy (non-hydrogen) atoms. The zero-order valence-electron chi connectivity index (χ0n) is 4.97. The van der Waals surface area contributed by atoms with Crippen LogP contribution in [0.5, 0.6) is 0 Å². The van der Waals surface area contributed by atoms with E-state index in [2.05, 4.69) is 21.1 Å². The molecule has 1 atom stereocenters. The summed E-state index contributed by atoms with van der Waals surface area (Å²) in [4.78, 5) is 0. The Hall–Kier alpha value is -0.350. The number of nitrogens with zero attached hydrogens (tertiary/aromatic N) is 1. The van der Waals surface area contributed by atoms with Gasteiger partial charge in [0.05, 0.1) is 6.04 Å². The van der Waals surface area contributed by atoms with Gasteiger partial charge in [-0.15, -0.1) is 0 Å². The van der Waals surface area contributed by atoms with Gasteiger partial charge in [-0.25, -0.2) is 0 Å². The Morgan fingerprint density at radius 2 is 2.56 bits per heavy atom. The third-order valence-corrected chi connectivity index (χ3v) is 1.32. The Kier molecular flexibility index (Phi) is 1.87. The van der Waals surface area contributed by atoms with Gasteiger partial charge in [0.1, 0.15) is 4.60 Å². The highest BCUT2D eigenvalue weighted by molar-refractivity contribution is 9.10. The summed E-state index contributed by atoms with van der Waals surface area (Å²) >= 11 is 3.14. The van der Waals surface area contributed by atoms with E-state index in [9.17, 15) is 0 Å². The third-order valence-electron chi connectivity index (χ3n) is 0.948. The van der Waals surface area contributed by atoms with Crippen molar-refractivity contribution in [3.63, 3.8) is 0 Å². The second-order valence-electron chi connectivity index (χ2n) is 1.84. The smallest absolute Gasteiger partial charge is 0.154 e. The van der Waals surface area contributed by atoms with E-state index in [1.165, 1.54) is 0 Å². The minimum Gasteiger partial charge on any atom is -0.359 e. The van der Waals surface area contributed by atoms with E-state index in [0.29, 0.717) is 10.4 Å². The fourth-order valence-electron chi connectivity index (χ4n) is 0.481. The van der Waals surface area contributed by atoms with E-state index in [0.717, 1.165) is 0 Å². The third kappa shape index (κ3) is 1.53. The molecular weight excluding hydrogens is 184 g/mol. The van der Waals surface area contributed by atoms with E-state index in [1.807, 2.05) is 6.92 Å². The van der Waals surface area contributed by atoms with Crippen molar-refractivity contribution in [2.75, 3.05) is 0 Å². The molecule has 1 aromatic rings. The SMILES string of the molecule is C[C@H](N)c1cc(Br)no1. The molecule has 0 aliphatic rings. The van der Waals surface area contributed by atoms with Crippen LogP contribution in [0.4, 0.5) is 0 Å². The Morgan fingerprint density at radius 1 is 1.89 bits per heavy atom. The van der Waals surface area contributed by atoms with Crippen molar-refractivity contribution in [1.29, 1.82) is 0 Å². The second kappa shape index (κ2) is 2.49. The summed E-state index contributed by atoms with van der Waals surface area (Å²) in [6.45, 7) is 1.84. The van der Waals surface area contributed by atoms with Gasteiger partial charge in [-0.05, 0) is 22.9 Å². The number of halogens is 1. The monoisotopic (exact) mass is 190 g/mol. The van der Waals surface area contributed by atoms with Crippen molar-refractivity contribution < 1.29 is 4.52 Å². The predicted octanol–water partition coefficient (Wildman–Crippen LogP) is 1.46. The van der Waals surface area contributed by atoms with Gasteiger partial charge in [0.25, 0.3) is 0 Å². The van der Waals surface area contributed by atoms with Gasteiger partial charge in [-0.2, -0.15) is 0 Å². The molecule has 3 nitrogen and oxygen atoms in total. The Morgan fingerprint density at radius 3 is 2.78 bits per heavy atom. The van der Waals surface area contributed by atoms with Crippen molar-refractivity contribution in [3.05, 3.63) is 16.4 Å². The maximum atomic E-state index is 5.47. The zero-order chi connectivity index (χ0) is 6.85. The molecule has 0 aromatic carbocycles. The van der Waals surface area contributed by atoms with Gasteiger partial charge >= 0.3 is 0 Å². The molecule has 0 saturated heterocycles. The molecule has 1 rings (SSSR count).